The van der Waals surface area contributed by atoms with Gasteiger partial charge in [-0.25, -0.2) is 22.1 Å². The highest BCUT2D eigenvalue weighted by molar-refractivity contribution is 7.86. The number of aromatic nitrogens is 3. The number of fused-ring (bicyclic) bond motifs is 3. The first kappa shape index (κ1) is 54.6. The van der Waals surface area contributed by atoms with Gasteiger partial charge in [-0.2, -0.15) is 22.0 Å². The van der Waals surface area contributed by atoms with Gasteiger partial charge in [0.25, 0.3) is 11.5 Å². The van der Waals surface area contributed by atoms with Crippen molar-refractivity contribution in [3.8, 4) is 34.3 Å². The lowest BCUT2D eigenvalue weighted by Crippen LogP contribution is -2.47. The summed E-state index contributed by atoms with van der Waals surface area (Å²) in [5, 5.41) is 7.98. The van der Waals surface area contributed by atoms with Crippen LogP contribution < -0.4 is 33.1 Å². The summed E-state index contributed by atoms with van der Waals surface area (Å²) in [7, 11) is -25.9. The van der Waals surface area contributed by atoms with Gasteiger partial charge in [0.2, 0.25) is 22.1 Å². The maximum absolute atomic E-state index is 14.1. The van der Waals surface area contributed by atoms with Crippen LogP contribution in [0.2, 0.25) is 0 Å². The molecule has 34 heteroatoms. The first-order chi connectivity index (χ1) is 33.9. The second-order valence-corrected chi connectivity index (χ2v) is 23.0. The molecule has 4 heterocycles. The third-order valence-electron chi connectivity index (χ3n) is 10.7. The molecular weight excluding hydrogens is 1070 g/mol. The Morgan fingerprint density at radius 1 is 1.01 bits per heavy atom. The van der Waals surface area contributed by atoms with Gasteiger partial charge in [0.15, 0.2) is 17.0 Å². The minimum Gasteiger partial charge on any atom is -0.744 e. The van der Waals surface area contributed by atoms with E-state index in [1.807, 2.05) is 0 Å². The molecule has 390 valence electrons. The molecule has 2 aromatic heterocycles. The topological polar surface area (TPSA) is 471 Å². The molecule has 0 spiro atoms. The lowest BCUT2D eigenvalue weighted by atomic mass is 9.90. The minimum atomic E-state index is -5.75. The van der Waals surface area contributed by atoms with E-state index in [2.05, 4.69) is 40.3 Å². The number of nitrogens with zero attached hydrogens (tertiary/aromatic N) is 3. The fraction of sp³-hybridized carbons (Fsp3) is 0.256. The Kier molecular flexibility index (Phi) is 15.4. The highest BCUT2D eigenvalue weighted by atomic mass is 32.2. The molecule has 2 aromatic carbocycles. The fourth-order valence-corrected chi connectivity index (χ4v) is 12.4. The van der Waals surface area contributed by atoms with Gasteiger partial charge in [0, 0.05) is 54.4 Å². The second-order valence-electron chi connectivity index (χ2n) is 15.9. The van der Waals surface area contributed by atoms with Crippen LogP contribution in [0.25, 0.3) is 44.5 Å². The van der Waals surface area contributed by atoms with Crippen LogP contribution in [-0.4, -0.2) is 110 Å². The molecule has 3 aliphatic rings. The molecule has 0 saturated carbocycles. The molecule has 2 aliphatic heterocycles. The van der Waals surface area contributed by atoms with E-state index in [9.17, 15) is 63.8 Å². The number of hydrogen-bond acceptors (Lipinski definition) is 19. The van der Waals surface area contributed by atoms with Crippen molar-refractivity contribution in [3.63, 3.8) is 0 Å². The molecule has 1 saturated heterocycles. The minimum absolute atomic E-state index is 0.00964. The van der Waals surface area contributed by atoms with Crippen LogP contribution in [0.4, 0.5) is 11.6 Å². The van der Waals surface area contributed by atoms with Crippen LogP contribution in [-0.2, 0) is 56.6 Å². The van der Waals surface area contributed by atoms with Crippen LogP contribution in [0.15, 0.2) is 73.7 Å². The van der Waals surface area contributed by atoms with Crippen LogP contribution in [0.5, 0.6) is 0 Å². The predicted octanol–water partition coefficient (Wildman–Crippen LogP) is 0.259. The number of carbonyl (C=O) groups excluding carboxylic acids is 2. The van der Waals surface area contributed by atoms with Gasteiger partial charge in [0.05, 0.1) is 35.9 Å². The Morgan fingerprint density at radius 2 is 1.73 bits per heavy atom. The summed E-state index contributed by atoms with van der Waals surface area (Å²) in [5.74, 6) is 3.55. The summed E-state index contributed by atoms with van der Waals surface area (Å²) < 4.78 is 133. The molecule has 2 amide bonds. The number of carbonyl (C=O) groups is 2. The van der Waals surface area contributed by atoms with Gasteiger partial charge >= 0.3 is 33.6 Å². The molecule has 13 N–H and O–H groups in total. The number of hydrogen-bond donors (Lipinski definition) is 10. The zero-order valence-electron chi connectivity index (χ0n) is 37.3. The van der Waals surface area contributed by atoms with E-state index in [1.54, 1.807) is 0 Å². The average molecular weight is 1110 g/mol. The number of phosphoric ester groups is 1. The number of H-pyrrole nitrogens is 1. The third kappa shape index (κ3) is 12.4. The maximum atomic E-state index is 14.1. The fourth-order valence-electron chi connectivity index (χ4n) is 7.84. The van der Waals surface area contributed by atoms with E-state index < -0.39 is 112 Å². The summed E-state index contributed by atoms with van der Waals surface area (Å²) in [4.78, 5) is 82.6. The number of aromatic amines is 1. The lowest BCUT2D eigenvalue weighted by molar-refractivity contribution is -0.176. The van der Waals surface area contributed by atoms with Gasteiger partial charge in [0.1, 0.15) is 21.2 Å². The summed E-state index contributed by atoms with van der Waals surface area (Å²) >= 11 is 0. The van der Waals surface area contributed by atoms with Crippen LogP contribution in [0, 0.1) is 11.8 Å². The Balaban J connectivity index is 1.02. The molecule has 1 aliphatic carbocycles. The first-order valence-electron chi connectivity index (χ1n) is 20.7. The van der Waals surface area contributed by atoms with Gasteiger partial charge in [-0.3, -0.25) is 33.9 Å². The van der Waals surface area contributed by atoms with Crippen molar-refractivity contribution in [1.29, 1.82) is 0 Å². The predicted molar refractivity (Wildman–Crippen MR) is 249 cm³/mol. The Bertz CT molecular complexity index is 3770. The Hall–Kier alpha value is -6.16. The van der Waals surface area contributed by atoms with Crippen LogP contribution in [0.3, 0.4) is 0 Å². The number of nitrogens with two attached hydrogens (primary N) is 3. The molecule has 2 unspecified atom stereocenters. The van der Waals surface area contributed by atoms with Crippen molar-refractivity contribution in [3.05, 3.63) is 81.6 Å². The summed E-state index contributed by atoms with van der Waals surface area (Å²) in [6.07, 6.45) is -0.0745. The molecular formula is C39H41N8O21P3S2. The normalized spacial score (nSPS) is 17.0. The van der Waals surface area contributed by atoms with Gasteiger partial charge in [-0.1, -0.05) is 30.0 Å². The van der Waals surface area contributed by atoms with E-state index in [4.69, 9.17) is 35.8 Å². The number of ether oxygens (including phenoxy) is 1. The highest BCUT2D eigenvalue weighted by Crippen LogP contribution is 2.66. The van der Waals surface area contributed by atoms with Crippen molar-refractivity contribution in [2.75, 3.05) is 38.2 Å². The zero-order valence-corrected chi connectivity index (χ0v) is 41.6. The maximum Gasteiger partial charge on any atom is 0.490 e. The van der Waals surface area contributed by atoms with E-state index in [0.29, 0.717) is 0 Å². The van der Waals surface area contributed by atoms with Gasteiger partial charge in [-0.05, 0) is 49.1 Å². The van der Waals surface area contributed by atoms with Crippen molar-refractivity contribution in [2.45, 2.75) is 47.8 Å². The van der Waals surface area contributed by atoms with Crippen molar-refractivity contribution in [1.82, 2.24) is 24.8 Å². The molecule has 0 radical (unpaired) electrons. The molecule has 29 nitrogen and oxygen atoms in total. The summed E-state index contributed by atoms with van der Waals surface area (Å²) in [6, 6.07) is 10.9. The molecule has 1 fully saturated rings. The molecule has 4 aromatic rings. The monoisotopic (exact) mass is 1110 g/mol. The largest absolute Gasteiger partial charge is 0.744 e. The number of anilines is 2. The first-order valence-corrected chi connectivity index (χ1v) is 28.1. The highest BCUT2D eigenvalue weighted by Gasteiger charge is 2.42. The lowest BCUT2D eigenvalue weighted by Gasteiger charge is -2.23. The summed E-state index contributed by atoms with van der Waals surface area (Å²) in [6.45, 7) is -0.922. The van der Waals surface area contributed by atoms with E-state index in [-0.39, 0.29) is 89.0 Å². The molecule has 4 atom stereocenters. The van der Waals surface area contributed by atoms with Gasteiger partial charge < -0.3 is 59.5 Å². The van der Waals surface area contributed by atoms with Crippen LogP contribution in [0.1, 0.15) is 47.8 Å². The molecule has 0 bridgehead atoms. The Labute approximate surface area is 410 Å². The zero-order chi connectivity index (χ0) is 53.6. The number of nitrogens with one attached hydrogen (secondary N) is 2. The number of phosphoric acid groups is 3. The van der Waals surface area contributed by atoms with Crippen molar-refractivity contribution < 1.29 is 96.5 Å². The number of nitrogen functional groups attached to an aromatic ring is 2. The molecule has 7 rings (SSSR count). The van der Waals surface area contributed by atoms with E-state index in [0.717, 1.165) is 12.1 Å². The standard InChI is InChI=1S/C39H41N8O21P3S2/c1-46(38(50)23-8-3-2-7-22(23)31-24-11-13-26(40)34(72(58,59)60)32(24)66-33-25(31)12-14-27(41)35(33)73(61,62)63)17-5-9-28(48)43-16-4-6-20-18-47(36-30(20)37(49)45-39(42)44-36)29-15-10-21(65-29)19-64-70(54,55)68-71(56,57)67-69(51,52)53/h2-3,7-8,11-14,18,21,29,40H,5,9-10,15-17,19,41H2,1H3,(H,43,48)(H,54,55)(H,56,57)(H2,51,52,53)(H,58,59,60)(H,61,62,63)(H3,42,44,45,49)/t21-,29+/m0/s1. The number of amides is 2. The second kappa shape index (κ2) is 20.6. The molecule has 73 heavy (non-hydrogen) atoms. The number of benzene rings is 3. The Morgan fingerprint density at radius 3 is 2.41 bits per heavy atom. The van der Waals surface area contributed by atoms with E-state index >= 15 is 0 Å². The third-order valence-corrected chi connectivity index (χ3v) is 16.4. The average Bonchev–Trinajstić information content (AvgIpc) is 3.88. The smallest absolute Gasteiger partial charge is 0.490 e. The van der Waals surface area contributed by atoms with Crippen molar-refractivity contribution in [2.24, 2.45) is 0 Å². The quantitative estimate of drug-likeness (QED) is 0.0192. The SMILES string of the molecule is CN(CCCC(=O)NCC#Cc1cn([C@H]2CC[C@@H](COP(=O)(O)OP(=O)(O)OP(=O)(O)O)O2)c2nc(N)[nH]c(=O)c12)C(=O)c1ccccc1-c1c2ccc(=[NH2+])c(S(=O)(=O)O)c-2oc2c(S(=O)(=O)[O-])c(N)ccc12. The summed E-state index contributed by atoms with van der Waals surface area (Å²) in [5.41, 5.74) is 10.1. The number of rotatable bonds is 17. The van der Waals surface area contributed by atoms with E-state index in [1.165, 1.54) is 59.1 Å². The van der Waals surface area contributed by atoms with Crippen molar-refractivity contribution >= 4 is 89.2 Å². The van der Waals surface area contributed by atoms with Crippen LogP contribution >= 0.6 is 23.5 Å². The van der Waals surface area contributed by atoms with Gasteiger partial charge in [-0.15, -0.1) is 0 Å².